The van der Waals surface area contributed by atoms with E-state index in [1.54, 1.807) is 17.6 Å². The maximum atomic E-state index is 12.9. The van der Waals surface area contributed by atoms with Crippen molar-refractivity contribution in [3.63, 3.8) is 0 Å². The summed E-state index contributed by atoms with van der Waals surface area (Å²) in [4.78, 5) is 38.9. The standard InChI is InChI=1S/C23H20N2O4S/c1-2-29-21(26)15-24-14-17(18-10-6-7-11-19(18)24)12-20-22(27)25(23(28)30-20)13-16-8-4-3-5-9-16/h3-12,14H,2,13,15H2,1H3/b20-12-. The number of ether oxygens (including phenoxy) is 1. The zero-order valence-electron chi connectivity index (χ0n) is 16.4. The molecular weight excluding hydrogens is 400 g/mol. The molecule has 0 N–H and O–H groups in total. The Morgan fingerprint density at radius 2 is 1.80 bits per heavy atom. The van der Waals surface area contributed by atoms with Crippen LogP contribution in [0, 0.1) is 0 Å². The highest BCUT2D eigenvalue weighted by Crippen LogP contribution is 2.35. The number of benzene rings is 2. The number of para-hydroxylation sites is 1. The molecule has 152 valence electrons. The van der Waals surface area contributed by atoms with Crippen LogP contribution in [0.1, 0.15) is 18.1 Å². The van der Waals surface area contributed by atoms with Gasteiger partial charge in [0.15, 0.2) is 0 Å². The first-order valence-corrected chi connectivity index (χ1v) is 10.4. The molecule has 1 fully saturated rings. The Morgan fingerprint density at radius 3 is 2.57 bits per heavy atom. The van der Waals surface area contributed by atoms with Gasteiger partial charge in [0.05, 0.1) is 18.1 Å². The quantitative estimate of drug-likeness (QED) is 0.436. The molecule has 30 heavy (non-hydrogen) atoms. The van der Waals surface area contributed by atoms with Crippen molar-refractivity contribution in [3.05, 3.63) is 76.8 Å². The fourth-order valence-corrected chi connectivity index (χ4v) is 4.24. The van der Waals surface area contributed by atoms with Gasteiger partial charge in [-0.2, -0.15) is 0 Å². The van der Waals surface area contributed by atoms with Gasteiger partial charge in [0.2, 0.25) is 0 Å². The molecule has 1 aliphatic heterocycles. The molecule has 0 aliphatic carbocycles. The van der Waals surface area contributed by atoms with Crippen molar-refractivity contribution in [2.45, 2.75) is 20.0 Å². The lowest BCUT2D eigenvalue weighted by atomic mass is 10.1. The van der Waals surface area contributed by atoms with Crippen LogP contribution in [-0.2, 0) is 27.4 Å². The fourth-order valence-electron chi connectivity index (χ4n) is 3.41. The average Bonchev–Trinajstić information content (AvgIpc) is 3.21. The highest BCUT2D eigenvalue weighted by atomic mass is 32.2. The topological polar surface area (TPSA) is 68.6 Å². The highest BCUT2D eigenvalue weighted by Gasteiger charge is 2.35. The van der Waals surface area contributed by atoms with Crippen LogP contribution in [0.4, 0.5) is 4.79 Å². The van der Waals surface area contributed by atoms with Gasteiger partial charge < -0.3 is 9.30 Å². The summed E-state index contributed by atoms with van der Waals surface area (Å²) in [5.41, 5.74) is 2.53. The van der Waals surface area contributed by atoms with Crippen LogP contribution in [0.2, 0.25) is 0 Å². The van der Waals surface area contributed by atoms with E-state index < -0.39 is 0 Å². The number of carbonyl (C=O) groups is 3. The molecule has 1 aliphatic rings. The van der Waals surface area contributed by atoms with Crippen LogP contribution in [-0.4, -0.2) is 33.2 Å². The average molecular weight is 420 g/mol. The van der Waals surface area contributed by atoms with Gasteiger partial charge in [-0.05, 0) is 36.4 Å². The monoisotopic (exact) mass is 420 g/mol. The first-order valence-electron chi connectivity index (χ1n) is 9.59. The van der Waals surface area contributed by atoms with Crippen molar-refractivity contribution in [2.75, 3.05) is 6.61 Å². The minimum absolute atomic E-state index is 0.0810. The highest BCUT2D eigenvalue weighted by molar-refractivity contribution is 8.18. The third-order valence-electron chi connectivity index (χ3n) is 4.77. The molecule has 0 atom stereocenters. The summed E-state index contributed by atoms with van der Waals surface area (Å²) in [5.74, 6) is -0.635. The van der Waals surface area contributed by atoms with E-state index in [0.29, 0.717) is 11.5 Å². The first kappa shape index (κ1) is 20.0. The first-order chi connectivity index (χ1) is 14.6. The molecule has 0 bridgehead atoms. The second-order valence-electron chi connectivity index (χ2n) is 6.79. The number of nitrogens with zero attached hydrogens (tertiary/aromatic N) is 2. The van der Waals surface area contributed by atoms with Crippen LogP contribution >= 0.6 is 11.8 Å². The summed E-state index contributed by atoms with van der Waals surface area (Å²) >= 11 is 0.933. The maximum Gasteiger partial charge on any atom is 0.325 e. The van der Waals surface area contributed by atoms with Crippen molar-refractivity contribution in [2.24, 2.45) is 0 Å². The smallest absolute Gasteiger partial charge is 0.325 e. The summed E-state index contributed by atoms with van der Waals surface area (Å²) in [6.07, 6.45) is 3.53. The van der Waals surface area contributed by atoms with Crippen molar-refractivity contribution in [1.29, 1.82) is 0 Å². The number of imide groups is 1. The molecule has 0 radical (unpaired) electrons. The molecule has 3 aromatic rings. The van der Waals surface area contributed by atoms with Crippen molar-refractivity contribution < 1.29 is 19.1 Å². The van der Waals surface area contributed by atoms with Crippen LogP contribution < -0.4 is 0 Å². The van der Waals surface area contributed by atoms with Gasteiger partial charge in [-0.1, -0.05) is 48.5 Å². The number of hydrogen-bond donors (Lipinski definition) is 0. The Bertz CT molecular complexity index is 1150. The predicted molar refractivity (Wildman–Crippen MR) is 117 cm³/mol. The minimum Gasteiger partial charge on any atom is -0.465 e. The van der Waals surface area contributed by atoms with E-state index in [4.69, 9.17) is 4.74 Å². The zero-order valence-corrected chi connectivity index (χ0v) is 17.2. The molecule has 1 saturated heterocycles. The van der Waals surface area contributed by atoms with Crippen LogP contribution in [0.15, 0.2) is 65.7 Å². The van der Waals surface area contributed by atoms with Crippen molar-refractivity contribution >= 4 is 45.9 Å². The molecular formula is C23H20N2O4S. The number of esters is 1. The fraction of sp³-hybridized carbons (Fsp3) is 0.174. The van der Waals surface area contributed by atoms with Crippen molar-refractivity contribution in [1.82, 2.24) is 9.47 Å². The van der Waals surface area contributed by atoms with Crippen LogP contribution in [0.5, 0.6) is 0 Å². The summed E-state index contributed by atoms with van der Waals surface area (Å²) < 4.78 is 6.85. The molecule has 2 heterocycles. The summed E-state index contributed by atoms with van der Waals surface area (Å²) in [7, 11) is 0. The third kappa shape index (κ3) is 4.02. The van der Waals surface area contributed by atoms with Gasteiger partial charge in [-0.15, -0.1) is 0 Å². The van der Waals surface area contributed by atoms with E-state index in [0.717, 1.165) is 33.8 Å². The Balaban J connectivity index is 1.64. The number of amides is 2. The van der Waals surface area contributed by atoms with E-state index in [9.17, 15) is 14.4 Å². The second-order valence-corrected chi connectivity index (χ2v) is 7.78. The van der Waals surface area contributed by atoms with Crippen LogP contribution in [0.25, 0.3) is 17.0 Å². The SMILES string of the molecule is CCOC(=O)Cn1cc(/C=C2\SC(=O)N(Cc3ccccc3)C2=O)c2ccccc21. The number of aromatic nitrogens is 1. The van der Waals surface area contributed by atoms with E-state index in [1.807, 2.05) is 60.8 Å². The van der Waals surface area contributed by atoms with E-state index in [2.05, 4.69) is 0 Å². The van der Waals surface area contributed by atoms with Gasteiger partial charge in [0.25, 0.3) is 11.1 Å². The summed E-state index contributed by atoms with van der Waals surface area (Å²) in [5, 5.41) is 0.613. The lowest BCUT2D eigenvalue weighted by molar-refractivity contribution is -0.143. The Morgan fingerprint density at radius 1 is 1.07 bits per heavy atom. The molecule has 7 heteroatoms. The number of hydrogen-bond acceptors (Lipinski definition) is 5. The molecule has 2 aromatic carbocycles. The second kappa shape index (κ2) is 8.59. The minimum atomic E-state index is -0.326. The van der Waals surface area contributed by atoms with Gasteiger partial charge in [0.1, 0.15) is 6.54 Å². The van der Waals surface area contributed by atoms with Crippen LogP contribution in [0.3, 0.4) is 0 Å². The van der Waals surface area contributed by atoms with Gasteiger partial charge in [-0.3, -0.25) is 19.3 Å². The molecule has 2 amide bonds. The third-order valence-corrected chi connectivity index (χ3v) is 5.68. The van der Waals surface area contributed by atoms with Gasteiger partial charge in [0, 0.05) is 22.7 Å². The molecule has 1 aromatic heterocycles. The Kier molecular flexibility index (Phi) is 5.72. The number of fused-ring (bicyclic) bond motifs is 1. The molecule has 6 nitrogen and oxygen atoms in total. The maximum absolute atomic E-state index is 12.9. The lowest BCUT2D eigenvalue weighted by Gasteiger charge is -2.12. The van der Waals surface area contributed by atoms with E-state index in [-0.39, 0.29) is 30.2 Å². The van der Waals surface area contributed by atoms with E-state index >= 15 is 0 Å². The normalized spacial score (nSPS) is 15.4. The Labute approximate surface area is 178 Å². The molecule has 0 unspecified atom stereocenters. The largest absolute Gasteiger partial charge is 0.465 e. The number of carbonyl (C=O) groups excluding carboxylic acids is 3. The zero-order chi connectivity index (χ0) is 21.1. The predicted octanol–water partition coefficient (Wildman–Crippen LogP) is 4.44. The molecule has 4 rings (SSSR count). The Hall–Kier alpha value is -3.32. The van der Waals surface area contributed by atoms with Crippen molar-refractivity contribution in [3.8, 4) is 0 Å². The van der Waals surface area contributed by atoms with Gasteiger partial charge >= 0.3 is 5.97 Å². The lowest BCUT2D eigenvalue weighted by Crippen LogP contribution is -2.27. The summed E-state index contributed by atoms with van der Waals surface area (Å²) in [6.45, 7) is 2.41. The molecule has 0 saturated carbocycles. The number of thioether (sulfide) groups is 1. The summed E-state index contributed by atoms with van der Waals surface area (Å²) in [6, 6.07) is 17.0. The van der Waals surface area contributed by atoms with Gasteiger partial charge in [-0.25, -0.2) is 0 Å². The van der Waals surface area contributed by atoms with E-state index in [1.165, 1.54) is 4.90 Å². The molecule has 0 spiro atoms. The number of rotatable bonds is 6.